The number of rotatable bonds is 7. The molecule has 1 fully saturated rings. The van der Waals surface area contributed by atoms with Gasteiger partial charge in [0, 0.05) is 19.5 Å². The number of nitrogens with zero attached hydrogens (tertiary/aromatic N) is 1. The van der Waals surface area contributed by atoms with Crippen molar-refractivity contribution in [3.8, 4) is 0 Å². The Kier molecular flexibility index (Phi) is 7.90. The van der Waals surface area contributed by atoms with Gasteiger partial charge in [-0.05, 0) is 37.0 Å². The van der Waals surface area contributed by atoms with E-state index in [4.69, 9.17) is 0 Å². The van der Waals surface area contributed by atoms with E-state index in [9.17, 15) is 18.0 Å². The number of benzene rings is 2. The van der Waals surface area contributed by atoms with E-state index >= 15 is 0 Å². The fourth-order valence-corrected chi connectivity index (χ4v) is 5.33. The van der Waals surface area contributed by atoms with E-state index in [1.54, 1.807) is 37.1 Å². The lowest BCUT2D eigenvalue weighted by Gasteiger charge is -2.34. The van der Waals surface area contributed by atoms with E-state index in [-0.39, 0.29) is 23.3 Å². The average molecular weight is 458 g/mol. The van der Waals surface area contributed by atoms with E-state index < -0.39 is 22.1 Å². The predicted octanol–water partition coefficient (Wildman–Crippen LogP) is 3.39. The first-order chi connectivity index (χ1) is 15.3. The average Bonchev–Trinajstić information content (AvgIpc) is 2.78. The molecule has 1 saturated carbocycles. The highest BCUT2D eigenvalue weighted by Gasteiger charge is 2.30. The van der Waals surface area contributed by atoms with Gasteiger partial charge in [0.2, 0.25) is 5.91 Å². The number of amides is 3. The first-order valence-corrected chi connectivity index (χ1v) is 12.5. The number of likely N-dealkylation sites (N-methyl/N-ethyl adjacent to an activating group) is 1. The Labute approximate surface area is 190 Å². The van der Waals surface area contributed by atoms with E-state index in [0.29, 0.717) is 5.56 Å². The predicted molar refractivity (Wildman–Crippen MR) is 124 cm³/mol. The molecule has 7 nitrogen and oxygen atoms in total. The Hall–Kier alpha value is -2.87. The van der Waals surface area contributed by atoms with Crippen molar-refractivity contribution in [3.05, 3.63) is 65.7 Å². The maximum atomic E-state index is 13.3. The number of sulfonamides is 1. The number of carbonyl (C=O) groups excluding carboxylic acids is 2. The van der Waals surface area contributed by atoms with Crippen molar-refractivity contribution in [2.45, 2.75) is 62.4 Å². The minimum atomic E-state index is -4.06. The van der Waals surface area contributed by atoms with Gasteiger partial charge in [0.15, 0.2) is 0 Å². The van der Waals surface area contributed by atoms with Crippen LogP contribution in [0.4, 0.5) is 4.79 Å². The molecule has 0 saturated heterocycles. The minimum Gasteiger partial charge on any atom is -0.341 e. The zero-order valence-electron chi connectivity index (χ0n) is 18.6. The molecule has 1 aliphatic carbocycles. The molecule has 0 aromatic heterocycles. The number of carbonyl (C=O) groups is 2. The highest BCUT2D eigenvalue weighted by molar-refractivity contribution is 7.90. The largest absolute Gasteiger partial charge is 0.341 e. The van der Waals surface area contributed by atoms with Crippen LogP contribution >= 0.6 is 0 Å². The van der Waals surface area contributed by atoms with Gasteiger partial charge in [-0.2, -0.15) is 0 Å². The summed E-state index contributed by atoms with van der Waals surface area (Å²) in [4.78, 5) is 27.7. The fourth-order valence-electron chi connectivity index (χ4n) is 4.17. The summed E-state index contributed by atoms with van der Waals surface area (Å²) in [6.07, 6.45) is 5.47. The molecule has 172 valence electrons. The monoisotopic (exact) mass is 457 g/mol. The molecule has 8 heteroatoms. The fraction of sp³-hybridized carbons (Fsp3) is 0.417. The van der Waals surface area contributed by atoms with Crippen LogP contribution in [-0.4, -0.2) is 44.4 Å². The molecule has 2 aromatic carbocycles. The summed E-state index contributed by atoms with van der Waals surface area (Å²) in [7, 11) is -2.30. The molecule has 32 heavy (non-hydrogen) atoms. The number of nitrogens with one attached hydrogen (secondary N) is 2. The maximum Gasteiger partial charge on any atom is 0.329 e. The zero-order valence-corrected chi connectivity index (χ0v) is 19.4. The second kappa shape index (κ2) is 10.6. The highest BCUT2D eigenvalue weighted by Crippen LogP contribution is 2.22. The lowest BCUT2D eigenvalue weighted by molar-refractivity contribution is -0.134. The molecule has 0 bridgehead atoms. The SMILES string of the molecule is Cc1ccccc1S(=O)(=O)NC(=O)NC(Cc1ccccc1)C(=O)N(C)C1CCCCC1. The van der Waals surface area contributed by atoms with Crippen molar-refractivity contribution in [2.24, 2.45) is 0 Å². The van der Waals surface area contributed by atoms with E-state index in [1.165, 1.54) is 12.5 Å². The zero-order chi connectivity index (χ0) is 23.1. The van der Waals surface area contributed by atoms with Crippen LogP contribution in [-0.2, 0) is 21.2 Å². The van der Waals surface area contributed by atoms with E-state index in [2.05, 4.69) is 10.0 Å². The molecule has 3 amide bonds. The smallest absolute Gasteiger partial charge is 0.329 e. The quantitative estimate of drug-likeness (QED) is 0.666. The molecule has 2 N–H and O–H groups in total. The van der Waals surface area contributed by atoms with Gasteiger partial charge >= 0.3 is 6.03 Å². The Balaban J connectivity index is 1.76. The topological polar surface area (TPSA) is 95.6 Å². The third-order valence-electron chi connectivity index (χ3n) is 5.97. The molecule has 1 unspecified atom stereocenters. The van der Waals surface area contributed by atoms with Gasteiger partial charge in [-0.1, -0.05) is 67.8 Å². The normalized spacial score (nSPS) is 15.6. The summed E-state index contributed by atoms with van der Waals surface area (Å²) in [6, 6.07) is 14.1. The van der Waals surface area contributed by atoms with Crippen molar-refractivity contribution in [1.29, 1.82) is 0 Å². The summed E-state index contributed by atoms with van der Waals surface area (Å²) >= 11 is 0. The van der Waals surface area contributed by atoms with Crippen LogP contribution in [0.15, 0.2) is 59.5 Å². The molecule has 0 spiro atoms. The summed E-state index contributed by atoms with van der Waals surface area (Å²) in [5, 5.41) is 2.61. The lowest BCUT2D eigenvalue weighted by Crippen LogP contribution is -2.54. The van der Waals surface area contributed by atoms with Crippen LogP contribution in [0, 0.1) is 6.92 Å². The molecule has 1 aliphatic rings. The number of hydrogen-bond acceptors (Lipinski definition) is 4. The maximum absolute atomic E-state index is 13.3. The highest BCUT2D eigenvalue weighted by atomic mass is 32.2. The van der Waals surface area contributed by atoms with Gasteiger partial charge < -0.3 is 10.2 Å². The van der Waals surface area contributed by atoms with Crippen molar-refractivity contribution in [2.75, 3.05) is 7.05 Å². The third-order valence-corrected chi connectivity index (χ3v) is 7.46. The summed E-state index contributed by atoms with van der Waals surface area (Å²) in [5.74, 6) is -0.218. The number of hydrogen-bond donors (Lipinski definition) is 2. The van der Waals surface area contributed by atoms with E-state index in [1.807, 2.05) is 30.3 Å². The van der Waals surface area contributed by atoms with Gasteiger partial charge in [-0.3, -0.25) is 4.79 Å². The Morgan fingerprint density at radius 2 is 1.62 bits per heavy atom. The summed E-state index contributed by atoms with van der Waals surface area (Å²) in [5.41, 5.74) is 1.41. The van der Waals surface area contributed by atoms with E-state index in [0.717, 1.165) is 31.2 Å². The first kappa shape index (κ1) is 23.8. The second-order valence-corrected chi connectivity index (χ2v) is 9.98. The molecule has 0 heterocycles. The molecule has 0 aliphatic heterocycles. The lowest BCUT2D eigenvalue weighted by atomic mass is 9.93. The van der Waals surface area contributed by atoms with Crippen molar-refractivity contribution < 1.29 is 18.0 Å². The van der Waals surface area contributed by atoms with Crippen molar-refractivity contribution >= 4 is 22.0 Å². The number of urea groups is 1. The number of aryl methyl sites for hydroxylation is 1. The second-order valence-electron chi connectivity index (χ2n) is 8.33. The molecule has 0 radical (unpaired) electrons. The van der Waals surface area contributed by atoms with Crippen LogP contribution in [0.2, 0.25) is 0 Å². The van der Waals surface area contributed by atoms with Gasteiger partial charge in [-0.15, -0.1) is 0 Å². The third kappa shape index (κ3) is 6.09. The van der Waals surface area contributed by atoms with Crippen LogP contribution in [0.5, 0.6) is 0 Å². The molecule has 1 atom stereocenters. The Bertz CT molecular complexity index is 1030. The standard InChI is InChI=1S/C24H31N3O4S/c1-18-11-9-10-16-22(18)32(30,31)26-24(29)25-21(17-19-12-5-3-6-13-19)23(28)27(2)20-14-7-4-8-15-20/h3,5-6,9-13,16,20-21H,4,7-8,14-15,17H2,1-2H3,(H2,25,26,29). The summed E-state index contributed by atoms with van der Waals surface area (Å²) in [6.45, 7) is 1.66. The molecular formula is C24H31N3O4S. The van der Waals surface area contributed by atoms with Crippen LogP contribution < -0.4 is 10.0 Å². The van der Waals surface area contributed by atoms with Gasteiger partial charge in [0.1, 0.15) is 6.04 Å². The first-order valence-electron chi connectivity index (χ1n) is 11.0. The van der Waals surface area contributed by atoms with Crippen molar-refractivity contribution in [3.63, 3.8) is 0 Å². The van der Waals surface area contributed by atoms with Crippen LogP contribution in [0.25, 0.3) is 0 Å². The Morgan fingerprint density at radius 3 is 2.28 bits per heavy atom. The van der Waals surface area contributed by atoms with Crippen LogP contribution in [0.1, 0.15) is 43.2 Å². The summed E-state index contributed by atoms with van der Waals surface area (Å²) < 4.78 is 27.4. The van der Waals surface area contributed by atoms with Crippen molar-refractivity contribution in [1.82, 2.24) is 14.9 Å². The minimum absolute atomic E-state index is 0.0282. The molecule has 3 rings (SSSR count). The van der Waals surface area contributed by atoms with Gasteiger partial charge in [0.05, 0.1) is 4.90 Å². The molecule has 2 aromatic rings. The van der Waals surface area contributed by atoms with Gasteiger partial charge in [0.25, 0.3) is 10.0 Å². The molecular weight excluding hydrogens is 426 g/mol. The Morgan fingerprint density at radius 1 is 1.00 bits per heavy atom. The van der Waals surface area contributed by atoms with Crippen LogP contribution in [0.3, 0.4) is 0 Å². The van der Waals surface area contributed by atoms with Gasteiger partial charge in [-0.25, -0.2) is 17.9 Å².